The standard InChI is InChI=1S/C15H17N3O/c1-11(13-5-7-17-8-6-13)18-15(19)10-12-3-2-4-14(16)9-12/h2-9,11H,10,16H2,1H3,(H,18,19)/t11-/m1/s1. The van der Waals surface area contributed by atoms with Crippen LogP contribution >= 0.6 is 0 Å². The molecule has 0 aliphatic carbocycles. The van der Waals surface area contributed by atoms with E-state index in [1.165, 1.54) is 0 Å². The van der Waals surface area contributed by atoms with Crippen molar-refractivity contribution < 1.29 is 4.79 Å². The summed E-state index contributed by atoms with van der Waals surface area (Å²) >= 11 is 0. The number of nitrogens with zero attached hydrogens (tertiary/aromatic N) is 1. The highest BCUT2D eigenvalue weighted by atomic mass is 16.1. The van der Waals surface area contributed by atoms with Crippen LogP contribution in [-0.2, 0) is 11.2 Å². The molecule has 98 valence electrons. The maximum atomic E-state index is 11.9. The molecule has 0 aliphatic rings. The van der Waals surface area contributed by atoms with Crippen LogP contribution in [0, 0.1) is 0 Å². The number of hydrogen-bond donors (Lipinski definition) is 2. The molecule has 19 heavy (non-hydrogen) atoms. The number of nitrogens with two attached hydrogens (primary N) is 1. The number of benzene rings is 1. The number of carbonyl (C=O) groups is 1. The van der Waals surface area contributed by atoms with Gasteiger partial charge < -0.3 is 11.1 Å². The Morgan fingerprint density at radius 1 is 1.32 bits per heavy atom. The van der Waals surface area contributed by atoms with Crippen LogP contribution in [0.2, 0.25) is 0 Å². The number of hydrogen-bond acceptors (Lipinski definition) is 3. The van der Waals surface area contributed by atoms with Crippen molar-refractivity contribution in [2.75, 3.05) is 5.73 Å². The number of nitrogens with one attached hydrogen (secondary N) is 1. The van der Waals surface area contributed by atoms with Crippen LogP contribution in [0.1, 0.15) is 24.1 Å². The Kier molecular flexibility index (Phi) is 4.13. The monoisotopic (exact) mass is 255 g/mol. The van der Waals surface area contributed by atoms with E-state index in [4.69, 9.17) is 5.73 Å². The van der Waals surface area contributed by atoms with Gasteiger partial charge in [-0.3, -0.25) is 9.78 Å². The minimum absolute atomic E-state index is 0.0186. The molecule has 0 fully saturated rings. The van der Waals surface area contributed by atoms with Crippen molar-refractivity contribution in [3.63, 3.8) is 0 Å². The predicted octanol–water partition coefficient (Wildman–Crippen LogP) is 2.08. The summed E-state index contributed by atoms with van der Waals surface area (Å²) in [4.78, 5) is 15.9. The van der Waals surface area contributed by atoms with Crippen molar-refractivity contribution in [2.45, 2.75) is 19.4 Å². The minimum atomic E-state index is -0.0310. The first-order chi connectivity index (χ1) is 9.15. The molecule has 1 aromatic heterocycles. The molecule has 0 unspecified atom stereocenters. The number of carbonyl (C=O) groups excluding carboxylic acids is 1. The van der Waals surface area contributed by atoms with E-state index in [1.54, 1.807) is 18.5 Å². The van der Waals surface area contributed by atoms with Crippen molar-refractivity contribution in [1.29, 1.82) is 0 Å². The highest BCUT2D eigenvalue weighted by Crippen LogP contribution is 2.11. The third kappa shape index (κ3) is 3.81. The summed E-state index contributed by atoms with van der Waals surface area (Å²) in [5.41, 5.74) is 8.32. The van der Waals surface area contributed by atoms with Gasteiger partial charge in [0.15, 0.2) is 0 Å². The molecule has 2 aromatic rings. The summed E-state index contributed by atoms with van der Waals surface area (Å²) in [7, 11) is 0. The molecule has 1 heterocycles. The van der Waals surface area contributed by atoms with Crippen molar-refractivity contribution in [3.05, 3.63) is 59.9 Å². The molecule has 1 aromatic carbocycles. The van der Waals surface area contributed by atoms with Gasteiger partial charge in [-0.15, -0.1) is 0 Å². The molecular weight excluding hydrogens is 238 g/mol. The molecule has 0 aliphatic heterocycles. The number of amides is 1. The van der Waals surface area contributed by atoms with Gasteiger partial charge in [0.1, 0.15) is 0 Å². The first kappa shape index (κ1) is 13.1. The van der Waals surface area contributed by atoms with Crippen LogP contribution in [0.5, 0.6) is 0 Å². The molecule has 2 rings (SSSR count). The number of aromatic nitrogens is 1. The topological polar surface area (TPSA) is 68.0 Å². The van der Waals surface area contributed by atoms with E-state index >= 15 is 0 Å². The lowest BCUT2D eigenvalue weighted by Crippen LogP contribution is -2.28. The summed E-state index contributed by atoms with van der Waals surface area (Å²) in [5, 5.41) is 2.96. The lowest BCUT2D eigenvalue weighted by molar-refractivity contribution is -0.121. The largest absolute Gasteiger partial charge is 0.399 e. The van der Waals surface area contributed by atoms with E-state index in [9.17, 15) is 4.79 Å². The van der Waals surface area contributed by atoms with Gasteiger partial charge in [-0.25, -0.2) is 0 Å². The Morgan fingerprint density at radius 2 is 2.05 bits per heavy atom. The maximum Gasteiger partial charge on any atom is 0.224 e. The normalized spacial score (nSPS) is 11.8. The number of anilines is 1. The van der Waals surface area contributed by atoms with Crippen molar-refractivity contribution >= 4 is 11.6 Å². The fourth-order valence-corrected chi connectivity index (χ4v) is 1.92. The summed E-state index contributed by atoms with van der Waals surface area (Å²) < 4.78 is 0. The zero-order valence-corrected chi connectivity index (χ0v) is 10.8. The summed E-state index contributed by atoms with van der Waals surface area (Å²) in [6.45, 7) is 1.95. The van der Waals surface area contributed by atoms with Crippen LogP contribution in [0.25, 0.3) is 0 Å². The Hall–Kier alpha value is -2.36. The third-order valence-electron chi connectivity index (χ3n) is 2.90. The average Bonchev–Trinajstić information content (AvgIpc) is 2.39. The highest BCUT2D eigenvalue weighted by Gasteiger charge is 2.09. The maximum absolute atomic E-state index is 11.9. The summed E-state index contributed by atoms with van der Waals surface area (Å²) in [6, 6.07) is 11.1. The number of nitrogen functional groups attached to an aromatic ring is 1. The van der Waals surface area contributed by atoms with E-state index in [0.717, 1.165) is 11.1 Å². The second-order valence-electron chi connectivity index (χ2n) is 4.49. The third-order valence-corrected chi connectivity index (χ3v) is 2.90. The molecule has 1 amide bonds. The van der Waals surface area contributed by atoms with Gasteiger partial charge in [-0.1, -0.05) is 12.1 Å². The van der Waals surface area contributed by atoms with Crippen LogP contribution < -0.4 is 11.1 Å². The SMILES string of the molecule is C[C@@H](NC(=O)Cc1cccc(N)c1)c1ccncc1. The molecule has 0 bridgehead atoms. The van der Waals surface area contributed by atoms with E-state index in [2.05, 4.69) is 10.3 Å². The molecule has 0 saturated heterocycles. The number of rotatable bonds is 4. The molecule has 3 N–H and O–H groups in total. The van der Waals surface area contributed by atoms with Gasteiger partial charge in [0, 0.05) is 18.1 Å². The summed E-state index contributed by atoms with van der Waals surface area (Å²) in [5.74, 6) is -0.0186. The lowest BCUT2D eigenvalue weighted by Gasteiger charge is -2.14. The fraction of sp³-hybridized carbons (Fsp3) is 0.200. The van der Waals surface area contributed by atoms with Crippen LogP contribution in [-0.4, -0.2) is 10.9 Å². The van der Waals surface area contributed by atoms with Gasteiger partial charge in [0.05, 0.1) is 12.5 Å². The van der Waals surface area contributed by atoms with Gasteiger partial charge in [-0.2, -0.15) is 0 Å². The number of pyridine rings is 1. The molecule has 0 saturated carbocycles. The Labute approximate surface area is 112 Å². The molecule has 0 spiro atoms. The Balaban J connectivity index is 1.95. The second kappa shape index (κ2) is 6.00. The van der Waals surface area contributed by atoms with Crippen molar-refractivity contribution in [3.8, 4) is 0 Å². The Bertz CT molecular complexity index is 554. The predicted molar refractivity (Wildman–Crippen MR) is 75.4 cm³/mol. The zero-order chi connectivity index (χ0) is 13.7. The van der Waals surface area contributed by atoms with Crippen molar-refractivity contribution in [1.82, 2.24) is 10.3 Å². The van der Waals surface area contributed by atoms with Gasteiger partial charge in [0.2, 0.25) is 5.91 Å². The minimum Gasteiger partial charge on any atom is -0.399 e. The van der Waals surface area contributed by atoms with Crippen molar-refractivity contribution in [2.24, 2.45) is 0 Å². The highest BCUT2D eigenvalue weighted by molar-refractivity contribution is 5.79. The van der Waals surface area contributed by atoms with Crippen LogP contribution in [0.4, 0.5) is 5.69 Å². The molecule has 4 nitrogen and oxygen atoms in total. The van der Waals surface area contributed by atoms with E-state index in [1.807, 2.05) is 37.3 Å². The van der Waals surface area contributed by atoms with Crippen LogP contribution in [0.15, 0.2) is 48.8 Å². The van der Waals surface area contributed by atoms with Gasteiger partial charge in [0.25, 0.3) is 0 Å². The van der Waals surface area contributed by atoms with Gasteiger partial charge in [-0.05, 0) is 42.3 Å². The quantitative estimate of drug-likeness (QED) is 0.822. The molecule has 0 radical (unpaired) electrons. The fourth-order valence-electron chi connectivity index (χ4n) is 1.92. The van der Waals surface area contributed by atoms with E-state index in [0.29, 0.717) is 12.1 Å². The Morgan fingerprint density at radius 3 is 2.74 bits per heavy atom. The zero-order valence-electron chi connectivity index (χ0n) is 10.8. The first-order valence-electron chi connectivity index (χ1n) is 6.19. The summed E-state index contributed by atoms with van der Waals surface area (Å²) in [6.07, 6.45) is 3.77. The average molecular weight is 255 g/mol. The second-order valence-corrected chi connectivity index (χ2v) is 4.49. The molecular formula is C15H17N3O. The molecule has 1 atom stereocenters. The van der Waals surface area contributed by atoms with E-state index < -0.39 is 0 Å². The lowest BCUT2D eigenvalue weighted by atomic mass is 10.1. The van der Waals surface area contributed by atoms with Gasteiger partial charge >= 0.3 is 0 Å². The molecule has 4 heteroatoms. The smallest absolute Gasteiger partial charge is 0.224 e. The van der Waals surface area contributed by atoms with Crippen LogP contribution in [0.3, 0.4) is 0 Å². The first-order valence-corrected chi connectivity index (χ1v) is 6.19. The van der Waals surface area contributed by atoms with E-state index in [-0.39, 0.29) is 11.9 Å².